The topological polar surface area (TPSA) is 29.9 Å². The molecule has 0 saturated carbocycles. The third-order valence-electron chi connectivity index (χ3n) is 2.73. The molecule has 0 saturated heterocycles. The van der Waals surface area contributed by atoms with E-state index in [1.807, 2.05) is 17.9 Å². The molecule has 2 rings (SSSR count). The first-order valence-electron chi connectivity index (χ1n) is 5.80. The second-order valence-electron chi connectivity index (χ2n) is 4.11. The van der Waals surface area contributed by atoms with E-state index in [0.717, 1.165) is 17.8 Å². The van der Waals surface area contributed by atoms with Crippen LogP contribution in [0.25, 0.3) is 0 Å². The Morgan fingerprint density at radius 2 is 2.22 bits per heavy atom. The fourth-order valence-corrected chi connectivity index (χ4v) is 2.21. The van der Waals surface area contributed by atoms with E-state index in [4.69, 9.17) is 0 Å². The maximum absolute atomic E-state index is 13.1. The van der Waals surface area contributed by atoms with E-state index in [9.17, 15) is 4.39 Å². The number of hydrogen-bond donors (Lipinski definition) is 1. The summed E-state index contributed by atoms with van der Waals surface area (Å²) in [5.41, 5.74) is 3.14. The highest BCUT2D eigenvalue weighted by Gasteiger charge is 2.06. The molecule has 0 aliphatic carbocycles. The summed E-state index contributed by atoms with van der Waals surface area (Å²) in [5.74, 6) is -0.254. The number of nitrogens with zero attached hydrogens (tertiary/aromatic N) is 2. The lowest BCUT2D eigenvalue weighted by Crippen LogP contribution is -2.01. The summed E-state index contributed by atoms with van der Waals surface area (Å²) >= 11 is 3.17. The van der Waals surface area contributed by atoms with E-state index in [1.165, 1.54) is 11.6 Å². The number of hydrogen-bond acceptors (Lipinski definition) is 2. The minimum Gasteiger partial charge on any atom is -0.381 e. The summed E-state index contributed by atoms with van der Waals surface area (Å²) in [7, 11) is 1.91. The quantitative estimate of drug-likeness (QED) is 0.936. The molecule has 0 amide bonds. The van der Waals surface area contributed by atoms with Gasteiger partial charge in [-0.15, -0.1) is 0 Å². The maximum Gasteiger partial charge on any atom is 0.137 e. The number of aromatic nitrogens is 2. The zero-order chi connectivity index (χ0) is 13.1. The summed E-state index contributed by atoms with van der Waals surface area (Å²) in [6.07, 6.45) is 2.91. The number of rotatable bonds is 4. The molecular formula is C13H15BrFN3. The summed E-state index contributed by atoms with van der Waals surface area (Å²) in [6, 6.07) is 4.90. The normalized spacial score (nSPS) is 10.7. The number of benzene rings is 1. The van der Waals surface area contributed by atoms with E-state index in [-0.39, 0.29) is 5.82 Å². The van der Waals surface area contributed by atoms with Crippen LogP contribution in [0.2, 0.25) is 0 Å². The Balaban J connectivity index is 2.08. The number of anilines is 1. The predicted octanol–water partition coefficient (Wildman–Crippen LogP) is 3.50. The van der Waals surface area contributed by atoms with E-state index in [0.29, 0.717) is 11.0 Å². The highest BCUT2D eigenvalue weighted by Crippen LogP contribution is 2.20. The van der Waals surface area contributed by atoms with Gasteiger partial charge in [0.2, 0.25) is 0 Å². The Bertz CT molecular complexity index is 551. The lowest BCUT2D eigenvalue weighted by molar-refractivity contribution is 0.621. The van der Waals surface area contributed by atoms with Crippen LogP contribution in [0, 0.1) is 5.82 Å². The van der Waals surface area contributed by atoms with Crippen LogP contribution < -0.4 is 5.32 Å². The van der Waals surface area contributed by atoms with Crippen molar-refractivity contribution in [1.29, 1.82) is 0 Å². The van der Waals surface area contributed by atoms with Crippen molar-refractivity contribution < 1.29 is 4.39 Å². The van der Waals surface area contributed by atoms with Crippen molar-refractivity contribution >= 4 is 21.6 Å². The fraction of sp³-hybridized carbons (Fsp3) is 0.308. The molecule has 1 aromatic carbocycles. The first-order valence-corrected chi connectivity index (χ1v) is 6.59. The van der Waals surface area contributed by atoms with E-state index in [2.05, 4.69) is 33.3 Å². The second kappa shape index (κ2) is 5.52. The second-order valence-corrected chi connectivity index (χ2v) is 4.97. The minimum absolute atomic E-state index is 0.254. The summed E-state index contributed by atoms with van der Waals surface area (Å²) in [4.78, 5) is 0. The lowest BCUT2D eigenvalue weighted by atomic mass is 10.2. The van der Waals surface area contributed by atoms with E-state index in [1.54, 1.807) is 12.1 Å². The zero-order valence-corrected chi connectivity index (χ0v) is 12.0. The molecular weight excluding hydrogens is 297 g/mol. The smallest absolute Gasteiger partial charge is 0.137 e. The average Bonchev–Trinajstić information content (AvgIpc) is 2.71. The van der Waals surface area contributed by atoms with Gasteiger partial charge in [-0.1, -0.05) is 6.92 Å². The summed E-state index contributed by atoms with van der Waals surface area (Å²) in [5, 5.41) is 7.65. The molecule has 0 spiro atoms. The standard InChI is InChI=1S/C13H15BrFN3/c1-3-13-9(8-18(2)17-13)7-16-10-4-5-12(15)11(14)6-10/h4-6,8,16H,3,7H2,1-2H3. The minimum atomic E-state index is -0.254. The number of nitrogens with one attached hydrogen (secondary N) is 1. The predicted molar refractivity (Wildman–Crippen MR) is 74.0 cm³/mol. The molecule has 1 N–H and O–H groups in total. The van der Waals surface area contributed by atoms with Crippen molar-refractivity contribution in [2.75, 3.05) is 5.32 Å². The molecule has 18 heavy (non-hydrogen) atoms. The van der Waals surface area contributed by atoms with Gasteiger partial charge in [0.25, 0.3) is 0 Å². The van der Waals surface area contributed by atoms with Crippen molar-refractivity contribution in [2.45, 2.75) is 19.9 Å². The van der Waals surface area contributed by atoms with Gasteiger partial charge in [0.1, 0.15) is 5.82 Å². The van der Waals surface area contributed by atoms with E-state index < -0.39 is 0 Å². The molecule has 0 radical (unpaired) electrons. The molecule has 0 unspecified atom stereocenters. The number of halogens is 2. The molecule has 0 aliphatic rings. The summed E-state index contributed by atoms with van der Waals surface area (Å²) < 4.78 is 15.4. The van der Waals surface area contributed by atoms with Crippen molar-refractivity contribution in [2.24, 2.45) is 7.05 Å². The molecule has 1 heterocycles. The lowest BCUT2D eigenvalue weighted by Gasteiger charge is -2.06. The molecule has 0 aliphatic heterocycles. The first-order chi connectivity index (χ1) is 8.60. The number of aryl methyl sites for hydroxylation is 2. The van der Waals surface area contributed by atoms with Gasteiger partial charge in [-0.2, -0.15) is 5.10 Å². The fourth-order valence-electron chi connectivity index (χ4n) is 1.83. The van der Waals surface area contributed by atoms with Gasteiger partial charge in [0.05, 0.1) is 10.2 Å². The van der Waals surface area contributed by atoms with Crippen LogP contribution >= 0.6 is 15.9 Å². The van der Waals surface area contributed by atoms with Gasteiger partial charge < -0.3 is 5.32 Å². The van der Waals surface area contributed by atoms with Gasteiger partial charge in [0.15, 0.2) is 0 Å². The Hall–Kier alpha value is -1.36. The molecule has 5 heteroatoms. The van der Waals surface area contributed by atoms with Crippen LogP contribution in [-0.4, -0.2) is 9.78 Å². The van der Waals surface area contributed by atoms with Crippen molar-refractivity contribution in [1.82, 2.24) is 9.78 Å². The highest BCUT2D eigenvalue weighted by atomic mass is 79.9. The zero-order valence-electron chi connectivity index (χ0n) is 10.4. The molecule has 1 aromatic heterocycles. The van der Waals surface area contributed by atoms with Gasteiger partial charge in [0, 0.05) is 31.0 Å². The largest absolute Gasteiger partial charge is 0.381 e. The SMILES string of the molecule is CCc1nn(C)cc1CNc1ccc(F)c(Br)c1. The molecule has 0 atom stereocenters. The highest BCUT2D eigenvalue weighted by molar-refractivity contribution is 9.10. The Kier molecular flexibility index (Phi) is 4.01. The summed E-state index contributed by atoms with van der Waals surface area (Å²) in [6.45, 7) is 2.77. The van der Waals surface area contributed by atoms with Crippen LogP contribution in [0.4, 0.5) is 10.1 Å². The molecule has 2 aromatic rings. The molecule has 96 valence electrons. The van der Waals surface area contributed by atoms with Crippen molar-refractivity contribution in [3.8, 4) is 0 Å². The van der Waals surface area contributed by atoms with Crippen LogP contribution in [-0.2, 0) is 20.0 Å². The van der Waals surface area contributed by atoms with Gasteiger partial charge in [-0.05, 0) is 40.5 Å². The van der Waals surface area contributed by atoms with Crippen LogP contribution in [0.15, 0.2) is 28.9 Å². The third kappa shape index (κ3) is 2.90. The van der Waals surface area contributed by atoms with E-state index >= 15 is 0 Å². The van der Waals surface area contributed by atoms with Crippen molar-refractivity contribution in [3.05, 3.63) is 45.9 Å². The van der Waals surface area contributed by atoms with Crippen molar-refractivity contribution in [3.63, 3.8) is 0 Å². The Morgan fingerprint density at radius 1 is 1.44 bits per heavy atom. The Morgan fingerprint density at radius 3 is 2.89 bits per heavy atom. The average molecular weight is 312 g/mol. The van der Waals surface area contributed by atoms with Gasteiger partial charge >= 0.3 is 0 Å². The van der Waals surface area contributed by atoms with Crippen LogP contribution in [0.3, 0.4) is 0 Å². The third-order valence-corrected chi connectivity index (χ3v) is 3.34. The van der Waals surface area contributed by atoms with Crippen LogP contribution in [0.1, 0.15) is 18.2 Å². The maximum atomic E-state index is 13.1. The van der Waals surface area contributed by atoms with Crippen LogP contribution in [0.5, 0.6) is 0 Å². The molecule has 0 fully saturated rings. The molecule has 0 bridgehead atoms. The monoisotopic (exact) mass is 311 g/mol. The Labute approximate surface area is 114 Å². The molecule has 3 nitrogen and oxygen atoms in total. The first kappa shape index (κ1) is 13.1. The van der Waals surface area contributed by atoms with Gasteiger partial charge in [-0.25, -0.2) is 4.39 Å². The van der Waals surface area contributed by atoms with Gasteiger partial charge in [-0.3, -0.25) is 4.68 Å².